The van der Waals surface area contributed by atoms with Gasteiger partial charge >= 0.3 is 12.0 Å². The molecule has 1 aliphatic heterocycles. The van der Waals surface area contributed by atoms with Gasteiger partial charge in [0, 0.05) is 19.5 Å². The standard InChI is InChI=1S/C13H23N3O4/c1-13(2,11(18)19)9-4-3-6-16(8-9)7-5-10(17)15-12(14)20/h9H,3-8H2,1-2H3,(H,18,19)(H3,14,15,17,20). The molecule has 0 saturated carbocycles. The SMILES string of the molecule is CC(C)(C(=O)O)C1CCCN(CCC(=O)NC(N)=O)C1. The van der Waals surface area contributed by atoms with E-state index in [1.807, 2.05) is 5.32 Å². The summed E-state index contributed by atoms with van der Waals surface area (Å²) in [5.41, 5.74) is 4.10. The lowest BCUT2D eigenvalue weighted by Gasteiger charge is -2.39. The first-order chi connectivity index (χ1) is 9.23. The third-order valence-electron chi connectivity index (χ3n) is 4.00. The van der Waals surface area contributed by atoms with Gasteiger partial charge in [-0.25, -0.2) is 4.79 Å². The largest absolute Gasteiger partial charge is 0.481 e. The fraction of sp³-hybridized carbons (Fsp3) is 0.769. The van der Waals surface area contributed by atoms with Crippen LogP contribution >= 0.6 is 0 Å². The van der Waals surface area contributed by atoms with Crippen molar-refractivity contribution in [2.24, 2.45) is 17.1 Å². The molecule has 1 aliphatic rings. The third kappa shape index (κ3) is 4.48. The lowest BCUT2D eigenvalue weighted by molar-refractivity contribution is -0.151. The number of carboxylic acid groups (broad SMARTS) is 1. The number of carbonyl (C=O) groups excluding carboxylic acids is 2. The monoisotopic (exact) mass is 285 g/mol. The second-order valence-corrected chi connectivity index (χ2v) is 5.83. The van der Waals surface area contributed by atoms with Crippen molar-refractivity contribution in [3.63, 3.8) is 0 Å². The normalized spacial score (nSPS) is 20.4. The van der Waals surface area contributed by atoms with Crippen molar-refractivity contribution in [2.45, 2.75) is 33.1 Å². The van der Waals surface area contributed by atoms with E-state index < -0.39 is 23.3 Å². The first-order valence-electron chi connectivity index (χ1n) is 6.78. The number of likely N-dealkylation sites (tertiary alicyclic amines) is 1. The van der Waals surface area contributed by atoms with Crippen molar-refractivity contribution >= 4 is 17.9 Å². The van der Waals surface area contributed by atoms with Crippen LogP contribution in [0.25, 0.3) is 0 Å². The van der Waals surface area contributed by atoms with E-state index >= 15 is 0 Å². The molecule has 114 valence electrons. The Bertz CT molecular complexity index is 395. The van der Waals surface area contributed by atoms with E-state index in [1.165, 1.54) is 0 Å². The maximum absolute atomic E-state index is 11.4. The van der Waals surface area contributed by atoms with Gasteiger partial charge < -0.3 is 15.7 Å². The Morgan fingerprint density at radius 1 is 1.40 bits per heavy atom. The van der Waals surface area contributed by atoms with Gasteiger partial charge in [0.05, 0.1) is 5.41 Å². The second kappa shape index (κ2) is 6.69. The Morgan fingerprint density at radius 2 is 2.05 bits per heavy atom. The molecule has 3 amide bonds. The highest BCUT2D eigenvalue weighted by atomic mass is 16.4. The Morgan fingerprint density at radius 3 is 2.60 bits per heavy atom. The predicted octanol–water partition coefficient (Wildman–Crippen LogP) is 0.394. The number of imide groups is 1. The molecule has 1 heterocycles. The summed E-state index contributed by atoms with van der Waals surface area (Å²) in [4.78, 5) is 35.2. The van der Waals surface area contributed by atoms with Gasteiger partial charge in [0.15, 0.2) is 0 Å². The number of carboxylic acids is 1. The minimum atomic E-state index is -0.849. The number of amides is 3. The number of nitrogens with two attached hydrogens (primary N) is 1. The van der Waals surface area contributed by atoms with E-state index in [0.29, 0.717) is 13.1 Å². The first-order valence-corrected chi connectivity index (χ1v) is 6.78. The Hall–Kier alpha value is -1.63. The van der Waals surface area contributed by atoms with Gasteiger partial charge in [-0.05, 0) is 39.2 Å². The van der Waals surface area contributed by atoms with E-state index in [1.54, 1.807) is 13.8 Å². The van der Waals surface area contributed by atoms with Gasteiger partial charge in [-0.3, -0.25) is 14.9 Å². The van der Waals surface area contributed by atoms with Crippen LogP contribution in [0.1, 0.15) is 33.1 Å². The van der Waals surface area contributed by atoms with Crippen molar-refractivity contribution in [3.8, 4) is 0 Å². The molecule has 20 heavy (non-hydrogen) atoms. The molecule has 0 aromatic rings. The molecule has 0 aromatic heterocycles. The van der Waals surface area contributed by atoms with E-state index in [4.69, 9.17) is 5.73 Å². The zero-order valence-electron chi connectivity index (χ0n) is 12.0. The summed E-state index contributed by atoms with van der Waals surface area (Å²) >= 11 is 0. The number of primary amides is 1. The maximum atomic E-state index is 11.4. The minimum Gasteiger partial charge on any atom is -0.481 e. The number of urea groups is 1. The molecule has 0 radical (unpaired) electrons. The summed E-state index contributed by atoms with van der Waals surface area (Å²) in [5.74, 6) is -1.14. The second-order valence-electron chi connectivity index (χ2n) is 5.83. The number of piperidine rings is 1. The molecule has 0 aliphatic carbocycles. The number of aliphatic carboxylic acids is 1. The van der Waals surface area contributed by atoms with Crippen LogP contribution < -0.4 is 11.1 Å². The third-order valence-corrected chi connectivity index (χ3v) is 4.00. The summed E-state index contributed by atoms with van der Waals surface area (Å²) in [5, 5.41) is 11.3. The molecular weight excluding hydrogens is 262 g/mol. The summed E-state index contributed by atoms with van der Waals surface area (Å²) < 4.78 is 0. The Labute approximate surface area is 118 Å². The highest BCUT2D eigenvalue weighted by molar-refractivity contribution is 5.93. The van der Waals surface area contributed by atoms with Crippen LogP contribution in [-0.4, -0.2) is 47.5 Å². The smallest absolute Gasteiger partial charge is 0.318 e. The van der Waals surface area contributed by atoms with Gasteiger partial charge in [0.2, 0.25) is 5.91 Å². The zero-order valence-corrected chi connectivity index (χ0v) is 12.0. The molecule has 4 N–H and O–H groups in total. The molecule has 1 unspecified atom stereocenters. The molecule has 7 nitrogen and oxygen atoms in total. The topological polar surface area (TPSA) is 113 Å². The highest BCUT2D eigenvalue weighted by Crippen LogP contribution is 2.34. The lowest BCUT2D eigenvalue weighted by Crippen LogP contribution is -2.46. The average Bonchev–Trinajstić information content (AvgIpc) is 2.35. The van der Waals surface area contributed by atoms with Gasteiger partial charge in [-0.2, -0.15) is 0 Å². The van der Waals surface area contributed by atoms with Crippen LogP contribution in [0.15, 0.2) is 0 Å². The number of rotatable bonds is 5. The van der Waals surface area contributed by atoms with Crippen LogP contribution in [0.5, 0.6) is 0 Å². The van der Waals surface area contributed by atoms with Crippen LogP contribution in [-0.2, 0) is 9.59 Å². The van der Waals surface area contributed by atoms with E-state index in [9.17, 15) is 19.5 Å². The molecule has 1 saturated heterocycles. The fourth-order valence-electron chi connectivity index (χ4n) is 2.48. The summed E-state index contributed by atoms with van der Waals surface area (Å²) in [6.07, 6.45) is 1.98. The number of nitrogens with one attached hydrogen (secondary N) is 1. The van der Waals surface area contributed by atoms with Crippen LogP contribution in [0.2, 0.25) is 0 Å². The van der Waals surface area contributed by atoms with Gasteiger partial charge in [0.1, 0.15) is 0 Å². The quantitative estimate of drug-likeness (QED) is 0.676. The van der Waals surface area contributed by atoms with E-state index in [2.05, 4.69) is 4.90 Å². The van der Waals surface area contributed by atoms with E-state index in [0.717, 1.165) is 19.4 Å². The fourth-order valence-corrected chi connectivity index (χ4v) is 2.48. The number of nitrogens with zero attached hydrogens (tertiary/aromatic N) is 1. The first kappa shape index (κ1) is 16.4. The van der Waals surface area contributed by atoms with Crippen LogP contribution in [0.4, 0.5) is 4.79 Å². The van der Waals surface area contributed by atoms with Crippen molar-refractivity contribution in [1.82, 2.24) is 10.2 Å². The molecule has 1 atom stereocenters. The van der Waals surface area contributed by atoms with Crippen LogP contribution in [0.3, 0.4) is 0 Å². The van der Waals surface area contributed by atoms with E-state index in [-0.39, 0.29) is 12.3 Å². The van der Waals surface area contributed by atoms with Gasteiger partial charge in [0.25, 0.3) is 0 Å². The van der Waals surface area contributed by atoms with Crippen LogP contribution in [0, 0.1) is 11.3 Å². The molecule has 1 fully saturated rings. The zero-order chi connectivity index (χ0) is 15.3. The molecule has 7 heteroatoms. The molecule has 0 aromatic carbocycles. The number of hydrogen-bond acceptors (Lipinski definition) is 4. The van der Waals surface area contributed by atoms with Crippen molar-refractivity contribution in [2.75, 3.05) is 19.6 Å². The van der Waals surface area contributed by atoms with Crippen molar-refractivity contribution < 1.29 is 19.5 Å². The molecule has 1 rings (SSSR count). The number of carbonyl (C=O) groups is 3. The van der Waals surface area contributed by atoms with Gasteiger partial charge in [-0.15, -0.1) is 0 Å². The summed E-state index contributed by atoms with van der Waals surface area (Å²) in [7, 11) is 0. The average molecular weight is 285 g/mol. The molecular formula is C13H23N3O4. The predicted molar refractivity (Wildman–Crippen MR) is 72.9 cm³/mol. The number of hydrogen-bond donors (Lipinski definition) is 3. The molecule has 0 spiro atoms. The Kier molecular flexibility index (Phi) is 5.50. The lowest BCUT2D eigenvalue weighted by atomic mass is 9.74. The van der Waals surface area contributed by atoms with Gasteiger partial charge in [-0.1, -0.05) is 0 Å². The highest BCUT2D eigenvalue weighted by Gasteiger charge is 2.38. The van der Waals surface area contributed by atoms with Crippen molar-refractivity contribution in [3.05, 3.63) is 0 Å². The minimum absolute atomic E-state index is 0.0629. The Balaban J connectivity index is 2.47. The molecule has 0 bridgehead atoms. The van der Waals surface area contributed by atoms with Crippen molar-refractivity contribution in [1.29, 1.82) is 0 Å². The summed E-state index contributed by atoms with van der Waals surface area (Å²) in [6, 6.07) is -0.849. The maximum Gasteiger partial charge on any atom is 0.318 e. The summed E-state index contributed by atoms with van der Waals surface area (Å²) in [6.45, 7) is 5.48.